The molecule has 0 aliphatic rings. The number of aliphatic hydroxyl groups is 1. The largest absolute Gasteiger partial charge is 0.394 e. The summed E-state index contributed by atoms with van der Waals surface area (Å²) in [6.07, 6.45) is 0.727. The molecule has 0 radical (unpaired) electrons. The van der Waals surface area contributed by atoms with Gasteiger partial charge in [-0.05, 0) is 25.5 Å². The second-order valence-electron chi connectivity index (χ2n) is 4.20. The van der Waals surface area contributed by atoms with Crippen molar-refractivity contribution in [3.8, 4) is 6.07 Å². The Balaban J connectivity index is 2.69. The van der Waals surface area contributed by atoms with Gasteiger partial charge in [0.15, 0.2) is 0 Å². The third-order valence-corrected chi connectivity index (χ3v) is 2.59. The van der Waals surface area contributed by atoms with E-state index in [4.69, 9.17) is 5.26 Å². The molecular weight excluding hydrogens is 216 g/mol. The highest BCUT2D eigenvalue weighted by atomic mass is 16.3. The van der Waals surface area contributed by atoms with Gasteiger partial charge in [-0.3, -0.25) is 4.79 Å². The van der Waals surface area contributed by atoms with Crippen LogP contribution in [-0.4, -0.2) is 23.2 Å². The van der Waals surface area contributed by atoms with Crippen molar-refractivity contribution in [2.75, 3.05) is 6.61 Å². The van der Waals surface area contributed by atoms with Gasteiger partial charge in [0.1, 0.15) is 0 Å². The van der Waals surface area contributed by atoms with Crippen LogP contribution in [0.15, 0.2) is 30.3 Å². The number of hydrogen-bond donors (Lipinski definition) is 2. The molecule has 2 N–H and O–H groups in total. The molecule has 0 bridgehead atoms. The molecule has 1 aromatic rings. The lowest BCUT2D eigenvalue weighted by Gasteiger charge is -2.27. The van der Waals surface area contributed by atoms with Gasteiger partial charge < -0.3 is 10.4 Å². The molecule has 1 atom stereocenters. The van der Waals surface area contributed by atoms with Crippen LogP contribution in [0.2, 0.25) is 0 Å². The van der Waals surface area contributed by atoms with Crippen LogP contribution >= 0.6 is 0 Å². The first kappa shape index (κ1) is 13.2. The highest BCUT2D eigenvalue weighted by Crippen LogP contribution is 2.12. The van der Waals surface area contributed by atoms with Crippen LogP contribution in [0.4, 0.5) is 0 Å². The van der Waals surface area contributed by atoms with Crippen molar-refractivity contribution >= 4 is 5.91 Å². The van der Waals surface area contributed by atoms with Crippen molar-refractivity contribution in [2.45, 2.75) is 25.3 Å². The quantitative estimate of drug-likeness (QED) is 0.807. The maximum Gasteiger partial charge on any atom is 0.251 e. The Bertz CT molecular complexity index is 411. The van der Waals surface area contributed by atoms with E-state index in [0.29, 0.717) is 18.4 Å². The van der Waals surface area contributed by atoms with Crippen molar-refractivity contribution in [3.63, 3.8) is 0 Å². The fourth-order valence-corrected chi connectivity index (χ4v) is 1.45. The minimum atomic E-state index is -0.747. The maximum atomic E-state index is 11.9. The number of nitrogens with one attached hydrogen (secondary N) is 1. The Labute approximate surface area is 101 Å². The number of carbonyl (C=O) groups excluding carboxylic acids is 1. The van der Waals surface area contributed by atoms with Crippen LogP contribution in [0.3, 0.4) is 0 Å². The van der Waals surface area contributed by atoms with Gasteiger partial charge in [0.05, 0.1) is 18.2 Å². The first-order chi connectivity index (χ1) is 8.11. The van der Waals surface area contributed by atoms with Gasteiger partial charge >= 0.3 is 0 Å². The molecule has 0 unspecified atom stereocenters. The van der Waals surface area contributed by atoms with Gasteiger partial charge in [-0.25, -0.2) is 0 Å². The van der Waals surface area contributed by atoms with E-state index in [1.807, 2.05) is 12.1 Å². The van der Waals surface area contributed by atoms with Crippen molar-refractivity contribution in [1.82, 2.24) is 5.32 Å². The average Bonchev–Trinajstić information content (AvgIpc) is 2.37. The molecule has 4 heteroatoms. The fraction of sp³-hybridized carbons (Fsp3) is 0.385. The molecule has 0 spiro atoms. The van der Waals surface area contributed by atoms with Gasteiger partial charge in [-0.15, -0.1) is 0 Å². The Hall–Kier alpha value is -1.86. The molecular formula is C13H16N2O2. The Morgan fingerprint density at radius 2 is 2.12 bits per heavy atom. The van der Waals surface area contributed by atoms with Crippen molar-refractivity contribution in [1.29, 1.82) is 5.26 Å². The minimum Gasteiger partial charge on any atom is -0.394 e. The van der Waals surface area contributed by atoms with E-state index in [1.165, 1.54) is 0 Å². The molecule has 0 saturated heterocycles. The number of aliphatic hydroxyl groups excluding tert-OH is 1. The van der Waals surface area contributed by atoms with Gasteiger partial charge in [0.25, 0.3) is 5.91 Å². The third kappa shape index (κ3) is 3.89. The monoisotopic (exact) mass is 232 g/mol. The zero-order chi connectivity index (χ0) is 12.7. The predicted octanol–water partition coefficient (Wildman–Crippen LogP) is 1.47. The van der Waals surface area contributed by atoms with Gasteiger partial charge in [0, 0.05) is 12.0 Å². The Kier molecular flexibility index (Phi) is 4.68. The van der Waals surface area contributed by atoms with E-state index < -0.39 is 5.54 Å². The van der Waals surface area contributed by atoms with Gasteiger partial charge in [-0.2, -0.15) is 5.26 Å². The lowest BCUT2D eigenvalue weighted by Crippen LogP contribution is -2.48. The molecule has 1 amide bonds. The summed E-state index contributed by atoms with van der Waals surface area (Å²) in [5.74, 6) is -0.236. The van der Waals surface area contributed by atoms with E-state index in [0.717, 1.165) is 0 Å². The summed E-state index contributed by atoms with van der Waals surface area (Å²) in [4.78, 5) is 11.9. The van der Waals surface area contributed by atoms with E-state index in [2.05, 4.69) is 5.32 Å². The summed E-state index contributed by atoms with van der Waals surface area (Å²) < 4.78 is 0. The normalized spacial score (nSPS) is 13.5. The molecule has 0 fully saturated rings. The van der Waals surface area contributed by atoms with Crippen molar-refractivity contribution < 1.29 is 9.90 Å². The molecule has 0 aromatic heterocycles. The van der Waals surface area contributed by atoms with Crippen LogP contribution in [-0.2, 0) is 0 Å². The number of nitriles is 1. The van der Waals surface area contributed by atoms with Crippen LogP contribution in [0.5, 0.6) is 0 Å². The molecule has 90 valence electrons. The molecule has 1 rings (SSSR count). The van der Waals surface area contributed by atoms with E-state index in [9.17, 15) is 9.90 Å². The number of nitrogens with zero attached hydrogens (tertiary/aromatic N) is 1. The highest BCUT2D eigenvalue weighted by Gasteiger charge is 2.25. The van der Waals surface area contributed by atoms with Crippen molar-refractivity contribution in [2.24, 2.45) is 0 Å². The topological polar surface area (TPSA) is 73.1 Å². The number of carbonyl (C=O) groups is 1. The summed E-state index contributed by atoms with van der Waals surface area (Å²) in [6, 6.07) is 10.8. The number of rotatable bonds is 5. The zero-order valence-electron chi connectivity index (χ0n) is 9.81. The van der Waals surface area contributed by atoms with E-state index >= 15 is 0 Å². The average molecular weight is 232 g/mol. The summed E-state index contributed by atoms with van der Waals surface area (Å²) >= 11 is 0. The molecule has 4 nitrogen and oxygen atoms in total. The third-order valence-electron chi connectivity index (χ3n) is 2.59. The standard InChI is InChI=1S/C13H16N2O2/c1-13(10-16,8-5-9-14)15-12(17)11-6-3-2-4-7-11/h2-4,6-7,16H,5,8,10H2,1H3,(H,15,17)/t13-/m1/s1. The molecule has 0 saturated carbocycles. The van der Waals surface area contributed by atoms with E-state index in [-0.39, 0.29) is 12.5 Å². The fourth-order valence-electron chi connectivity index (χ4n) is 1.45. The first-order valence-electron chi connectivity index (χ1n) is 5.47. The molecule has 1 aromatic carbocycles. The summed E-state index contributed by atoms with van der Waals surface area (Å²) in [5.41, 5.74) is -0.202. The highest BCUT2D eigenvalue weighted by molar-refractivity contribution is 5.94. The number of benzene rings is 1. The smallest absolute Gasteiger partial charge is 0.251 e. The summed E-state index contributed by atoms with van der Waals surface area (Å²) in [6.45, 7) is 1.54. The second-order valence-corrected chi connectivity index (χ2v) is 4.20. The minimum absolute atomic E-state index is 0.187. The first-order valence-corrected chi connectivity index (χ1v) is 5.47. The summed E-state index contributed by atoms with van der Waals surface area (Å²) in [7, 11) is 0. The predicted molar refractivity (Wildman–Crippen MR) is 64.2 cm³/mol. The van der Waals surface area contributed by atoms with E-state index in [1.54, 1.807) is 31.2 Å². The molecule has 0 aliphatic carbocycles. The number of hydrogen-bond acceptors (Lipinski definition) is 3. The Morgan fingerprint density at radius 3 is 2.65 bits per heavy atom. The molecule has 17 heavy (non-hydrogen) atoms. The van der Waals surface area contributed by atoms with Gasteiger partial charge in [-0.1, -0.05) is 18.2 Å². The van der Waals surface area contributed by atoms with Crippen molar-refractivity contribution in [3.05, 3.63) is 35.9 Å². The second kappa shape index (κ2) is 6.02. The lowest BCUT2D eigenvalue weighted by atomic mass is 9.96. The zero-order valence-corrected chi connectivity index (χ0v) is 9.81. The van der Waals surface area contributed by atoms with Crippen LogP contribution in [0.1, 0.15) is 30.1 Å². The summed E-state index contributed by atoms with van der Waals surface area (Å²) in [5, 5.41) is 20.6. The number of amides is 1. The lowest BCUT2D eigenvalue weighted by molar-refractivity contribution is 0.0843. The molecule has 0 aliphatic heterocycles. The Morgan fingerprint density at radius 1 is 1.47 bits per heavy atom. The van der Waals surface area contributed by atoms with Gasteiger partial charge in [0.2, 0.25) is 0 Å². The maximum absolute atomic E-state index is 11.9. The van der Waals surface area contributed by atoms with Crippen LogP contribution in [0, 0.1) is 11.3 Å². The SMILES string of the molecule is C[C@](CO)(CCC#N)NC(=O)c1ccccc1. The molecule has 0 heterocycles. The van der Waals surface area contributed by atoms with Crippen LogP contribution in [0.25, 0.3) is 0 Å². The van der Waals surface area contributed by atoms with Crippen LogP contribution < -0.4 is 5.32 Å².